The topological polar surface area (TPSA) is 116 Å². The number of aromatic nitrogens is 2. The van der Waals surface area contributed by atoms with Gasteiger partial charge in [-0.1, -0.05) is 21.1 Å². The summed E-state index contributed by atoms with van der Waals surface area (Å²) in [6, 6.07) is 5.34. The van der Waals surface area contributed by atoms with Crippen molar-refractivity contribution in [1.82, 2.24) is 10.2 Å². The molecule has 0 unspecified atom stereocenters. The lowest BCUT2D eigenvalue weighted by molar-refractivity contribution is 0.102. The zero-order chi connectivity index (χ0) is 14.7. The molecule has 1 aromatic heterocycles. The van der Waals surface area contributed by atoms with Crippen LogP contribution in [0.5, 0.6) is 0 Å². The van der Waals surface area contributed by atoms with Crippen molar-refractivity contribution >= 4 is 33.5 Å². The number of anilines is 1. The number of rotatable bonds is 3. The molecule has 2 rings (SSSR count). The quantitative estimate of drug-likeness (QED) is 0.296. The lowest BCUT2D eigenvalue weighted by Crippen LogP contribution is -2.18. The standard InChI is InChI=1S/C12H12BrN5O2/c1-6-2-7(4-8(13)3-6)12(19)16-11-9(5-15-17-11)10(14)18-20/h2-5,20H,1H3,(H2,14,18)(H2,15,16,17,19). The van der Waals surface area contributed by atoms with Crippen LogP contribution < -0.4 is 11.1 Å². The van der Waals surface area contributed by atoms with E-state index in [9.17, 15) is 4.79 Å². The minimum Gasteiger partial charge on any atom is -0.409 e. The van der Waals surface area contributed by atoms with Gasteiger partial charge in [0.15, 0.2) is 5.84 Å². The largest absolute Gasteiger partial charge is 0.409 e. The molecule has 8 heteroatoms. The molecule has 104 valence electrons. The summed E-state index contributed by atoms with van der Waals surface area (Å²) in [4.78, 5) is 12.2. The summed E-state index contributed by atoms with van der Waals surface area (Å²) in [5, 5.41) is 20.5. The van der Waals surface area contributed by atoms with Crippen LogP contribution in [0.4, 0.5) is 5.82 Å². The van der Waals surface area contributed by atoms with Crippen LogP contribution in [0.15, 0.2) is 34.0 Å². The average Bonchev–Trinajstić information content (AvgIpc) is 2.84. The molecule has 1 amide bonds. The van der Waals surface area contributed by atoms with Crippen LogP contribution >= 0.6 is 15.9 Å². The second-order valence-electron chi connectivity index (χ2n) is 4.12. The van der Waals surface area contributed by atoms with Crippen molar-refractivity contribution in [3.63, 3.8) is 0 Å². The summed E-state index contributed by atoms with van der Waals surface area (Å²) < 4.78 is 0.809. The highest BCUT2D eigenvalue weighted by atomic mass is 79.9. The van der Waals surface area contributed by atoms with Crippen LogP contribution in [0.25, 0.3) is 0 Å². The molecule has 2 aromatic rings. The van der Waals surface area contributed by atoms with Crippen LogP contribution in [0.1, 0.15) is 21.5 Å². The van der Waals surface area contributed by atoms with E-state index in [4.69, 9.17) is 10.9 Å². The van der Waals surface area contributed by atoms with Crippen LogP contribution in [0.3, 0.4) is 0 Å². The number of nitrogens with one attached hydrogen (secondary N) is 2. The first-order valence-corrected chi connectivity index (χ1v) is 6.40. The Labute approximate surface area is 123 Å². The zero-order valence-corrected chi connectivity index (χ0v) is 12.1. The second-order valence-corrected chi connectivity index (χ2v) is 5.03. The van der Waals surface area contributed by atoms with Crippen LogP contribution in [-0.2, 0) is 0 Å². The Hall–Kier alpha value is -2.35. The number of aromatic amines is 1. The van der Waals surface area contributed by atoms with Gasteiger partial charge in [-0.25, -0.2) is 0 Å². The van der Waals surface area contributed by atoms with Gasteiger partial charge in [-0.2, -0.15) is 5.10 Å². The number of hydrogen-bond acceptors (Lipinski definition) is 4. The van der Waals surface area contributed by atoms with Crippen LogP contribution in [-0.4, -0.2) is 27.1 Å². The number of hydrogen-bond donors (Lipinski definition) is 4. The molecule has 0 saturated carbocycles. The van der Waals surface area contributed by atoms with Crippen molar-refractivity contribution in [3.05, 3.63) is 45.6 Å². The van der Waals surface area contributed by atoms with Gasteiger partial charge in [0.05, 0.1) is 11.8 Å². The number of H-pyrrole nitrogens is 1. The lowest BCUT2D eigenvalue weighted by atomic mass is 10.1. The highest BCUT2D eigenvalue weighted by Crippen LogP contribution is 2.17. The summed E-state index contributed by atoms with van der Waals surface area (Å²) in [5.74, 6) is -0.201. The molecule has 1 aromatic carbocycles. The van der Waals surface area contributed by atoms with Gasteiger partial charge in [0.25, 0.3) is 5.91 Å². The highest BCUT2D eigenvalue weighted by molar-refractivity contribution is 9.10. The van der Waals surface area contributed by atoms with Gasteiger partial charge >= 0.3 is 0 Å². The monoisotopic (exact) mass is 337 g/mol. The average molecular weight is 338 g/mol. The Bertz CT molecular complexity index is 660. The summed E-state index contributed by atoms with van der Waals surface area (Å²) in [7, 11) is 0. The molecular formula is C12H12BrN5O2. The van der Waals surface area contributed by atoms with Crippen LogP contribution in [0.2, 0.25) is 0 Å². The van der Waals surface area contributed by atoms with E-state index in [0.717, 1.165) is 10.0 Å². The molecule has 0 bridgehead atoms. The first-order valence-electron chi connectivity index (χ1n) is 5.61. The molecule has 0 fully saturated rings. The van der Waals surface area contributed by atoms with E-state index in [2.05, 4.69) is 36.6 Å². The smallest absolute Gasteiger partial charge is 0.256 e. The molecule has 0 aliphatic heterocycles. The van der Waals surface area contributed by atoms with Gasteiger partial charge < -0.3 is 16.3 Å². The van der Waals surface area contributed by atoms with Gasteiger partial charge in [0.2, 0.25) is 0 Å². The summed E-state index contributed by atoms with van der Waals surface area (Å²) in [5.41, 5.74) is 7.23. The number of carbonyl (C=O) groups excluding carboxylic acids is 1. The maximum atomic E-state index is 12.2. The Morgan fingerprint density at radius 3 is 2.90 bits per heavy atom. The van der Waals surface area contributed by atoms with Gasteiger partial charge in [-0.05, 0) is 30.7 Å². The molecule has 20 heavy (non-hydrogen) atoms. The predicted molar refractivity (Wildman–Crippen MR) is 77.9 cm³/mol. The molecule has 0 radical (unpaired) electrons. The minimum atomic E-state index is -0.328. The van der Waals surface area contributed by atoms with Crippen molar-refractivity contribution in [3.8, 4) is 0 Å². The third-order valence-electron chi connectivity index (χ3n) is 2.57. The van der Waals surface area contributed by atoms with Crippen molar-refractivity contribution in [1.29, 1.82) is 0 Å². The van der Waals surface area contributed by atoms with Crippen LogP contribution in [0, 0.1) is 6.92 Å². The first-order chi connectivity index (χ1) is 9.51. The second kappa shape index (κ2) is 5.74. The molecular weight excluding hydrogens is 326 g/mol. The highest BCUT2D eigenvalue weighted by Gasteiger charge is 2.14. The number of nitrogens with two attached hydrogens (primary N) is 1. The third-order valence-corrected chi connectivity index (χ3v) is 3.02. The Kier molecular flexibility index (Phi) is 4.04. The van der Waals surface area contributed by atoms with E-state index < -0.39 is 0 Å². The number of carbonyl (C=O) groups is 1. The van der Waals surface area contributed by atoms with E-state index in [-0.39, 0.29) is 17.6 Å². The number of halogens is 1. The summed E-state index contributed by atoms with van der Waals surface area (Å²) in [6.07, 6.45) is 1.36. The number of amides is 1. The van der Waals surface area contributed by atoms with Crippen molar-refractivity contribution in [2.45, 2.75) is 6.92 Å². The van der Waals surface area contributed by atoms with E-state index in [1.807, 2.05) is 13.0 Å². The van der Waals surface area contributed by atoms with E-state index in [1.165, 1.54) is 6.20 Å². The molecule has 1 heterocycles. The molecule has 0 atom stereocenters. The number of aryl methyl sites for hydroxylation is 1. The molecule has 5 N–H and O–H groups in total. The first kappa shape index (κ1) is 14.1. The maximum Gasteiger partial charge on any atom is 0.256 e. The Morgan fingerprint density at radius 1 is 1.50 bits per heavy atom. The third kappa shape index (κ3) is 2.97. The Morgan fingerprint density at radius 2 is 2.25 bits per heavy atom. The summed E-state index contributed by atoms with van der Waals surface area (Å²) in [6.45, 7) is 1.89. The fourth-order valence-corrected chi connectivity index (χ4v) is 2.29. The molecule has 0 aliphatic carbocycles. The predicted octanol–water partition coefficient (Wildman–Crippen LogP) is 1.83. The molecule has 7 nitrogen and oxygen atoms in total. The minimum absolute atomic E-state index is 0.139. The van der Waals surface area contributed by atoms with E-state index in [1.54, 1.807) is 12.1 Å². The Balaban J connectivity index is 2.26. The zero-order valence-electron chi connectivity index (χ0n) is 10.5. The normalized spacial score (nSPS) is 11.4. The van der Waals surface area contributed by atoms with Gasteiger partial charge in [-0.3, -0.25) is 9.89 Å². The van der Waals surface area contributed by atoms with Crippen molar-refractivity contribution in [2.24, 2.45) is 10.9 Å². The van der Waals surface area contributed by atoms with Crippen molar-refractivity contribution in [2.75, 3.05) is 5.32 Å². The molecule has 0 aliphatic rings. The van der Waals surface area contributed by atoms with Gasteiger partial charge in [-0.15, -0.1) is 0 Å². The van der Waals surface area contributed by atoms with E-state index >= 15 is 0 Å². The maximum absolute atomic E-state index is 12.2. The fourth-order valence-electron chi connectivity index (χ4n) is 1.68. The fraction of sp³-hybridized carbons (Fsp3) is 0.0833. The SMILES string of the molecule is Cc1cc(Br)cc(C(=O)Nc2[nH]ncc2/C(N)=N/O)c1. The van der Waals surface area contributed by atoms with E-state index in [0.29, 0.717) is 11.1 Å². The summed E-state index contributed by atoms with van der Waals surface area (Å²) >= 11 is 3.34. The van der Waals surface area contributed by atoms with Gasteiger partial charge in [0.1, 0.15) is 5.82 Å². The lowest BCUT2D eigenvalue weighted by Gasteiger charge is -2.06. The molecule has 0 saturated heterocycles. The number of nitrogens with zero attached hydrogens (tertiary/aromatic N) is 2. The number of oxime groups is 1. The molecule has 0 spiro atoms. The van der Waals surface area contributed by atoms with Gasteiger partial charge in [0, 0.05) is 10.0 Å². The number of benzene rings is 1. The van der Waals surface area contributed by atoms with Crippen molar-refractivity contribution < 1.29 is 10.0 Å². The number of amidine groups is 1.